The molecule has 2 atom stereocenters. The van der Waals surface area contributed by atoms with Crippen molar-refractivity contribution in [3.8, 4) is 5.75 Å². The highest BCUT2D eigenvalue weighted by Gasteiger charge is 2.39. The zero-order valence-corrected chi connectivity index (χ0v) is 18.8. The number of nitrogens with zero attached hydrogens (tertiary/aromatic N) is 1. The predicted molar refractivity (Wildman–Crippen MR) is 125 cm³/mol. The van der Waals surface area contributed by atoms with Crippen molar-refractivity contribution in [3.63, 3.8) is 0 Å². The highest BCUT2D eigenvalue weighted by Crippen LogP contribution is 2.41. The normalized spacial score (nSPS) is 18.7. The number of rotatable bonds is 6. The minimum absolute atomic E-state index is 0.0607. The van der Waals surface area contributed by atoms with Crippen LogP contribution in [0.2, 0.25) is 0 Å². The van der Waals surface area contributed by atoms with Gasteiger partial charge in [-0.1, -0.05) is 66.7 Å². The van der Waals surface area contributed by atoms with Gasteiger partial charge in [0.1, 0.15) is 11.5 Å². The molecule has 1 aliphatic heterocycles. The third-order valence-corrected chi connectivity index (χ3v) is 7.60. The number of allylic oxidation sites excluding steroid dienone is 1. The summed E-state index contributed by atoms with van der Waals surface area (Å²) >= 11 is 0. The lowest BCUT2D eigenvalue weighted by Gasteiger charge is -2.38. The molecule has 1 aliphatic rings. The predicted octanol–water partition coefficient (Wildman–Crippen LogP) is 4.73. The smallest absolute Gasteiger partial charge is 0.264 e. The van der Waals surface area contributed by atoms with Crippen LogP contribution in [0.15, 0.2) is 95.9 Å². The quantitative estimate of drug-likeness (QED) is 0.548. The van der Waals surface area contributed by atoms with Crippen LogP contribution in [0.3, 0.4) is 0 Å². The van der Waals surface area contributed by atoms with Crippen LogP contribution in [0.25, 0.3) is 5.70 Å². The molecule has 0 aromatic heterocycles. The first-order chi connectivity index (χ1) is 15.4. The second-order valence-corrected chi connectivity index (χ2v) is 9.65. The molecule has 0 fully saturated rings. The highest BCUT2D eigenvalue weighted by molar-refractivity contribution is 7.89. The number of benzene rings is 3. The van der Waals surface area contributed by atoms with Gasteiger partial charge in [-0.3, -0.25) is 9.10 Å². The summed E-state index contributed by atoms with van der Waals surface area (Å²) in [7, 11) is -2.26. The molecule has 0 radical (unpaired) electrons. The van der Waals surface area contributed by atoms with Crippen LogP contribution in [-0.4, -0.2) is 32.2 Å². The lowest BCUT2D eigenvalue weighted by Crippen LogP contribution is -2.41. The Morgan fingerprint density at radius 3 is 2.22 bits per heavy atom. The summed E-state index contributed by atoms with van der Waals surface area (Å²) in [5.74, 6) is -0.165. The van der Waals surface area contributed by atoms with Crippen molar-refractivity contribution in [2.24, 2.45) is 5.92 Å². The van der Waals surface area contributed by atoms with E-state index in [-0.39, 0.29) is 23.1 Å². The van der Waals surface area contributed by atoms with E-state index >= 15 is 0 Å². The zero-order chi connectivity index (χ0) is 22.7. The van der Waals surface area contributed by atoms with Crippen molar-refractivity contribution in [3.05, 3.63) is 102 Å². The van der Waals surface area contributed by atoms with Gasteiger partial charge in [0.25, 0.3) is 10.0 Å². The highest BCUT2D eigenvalue weighted by atomic mass is 32.2. The van der Waals surface area contributed by atoms with E-state index in [0.29, 0.717) is 11.4 Å². The third-order valence-electron chi connectivity index (χ3n) is 5.80. The van der Waals surface area contributed by atoms with Crippen LogP contribution in [0.1, 0.15) is 24.0 Å². The first kappa shape index (κ1) is 21.8. The van der Waals surface area contributed by atoms with Crippen molar-refractivity contribution in [1.29, 1.82) is 0 Å². The molecule has 0 saturated carbocycles. The van der Waals surface area contributed by atoms with E-state index in [1.807, 2.05) is 60.7 Å². The zero-order valence-electron chi connectivity index (χ0n) is 18.0. The van der Waals surface area contributed by atoms with E-state index in [2.05, 4.69) is 0 Å². The van der Waals surface area contributed by atoms with E-state index in [0.717, 1.165) is 11.1 Å². The molecular formula is C26H25NO4S. The van der Waals surface area contributed by atoms with Crippen LogP contribution in [0.5, 0.6) is 5.75 Å². The van der Waals surface area contributed by atoms with E-state index < -0.39 is 15.9 Å². The Morgan fingerprint density at radius 1 is 0.938 bits per heavy atom. The Bertz CT molecular complexity index is 1240. The summed E-state index contributed by atoms with van der Waals surface area (Å²) in [6.07, 6.45) is 1.90. The van der Waals surface area contributed by atoms with E-state index in [1.54, 1.807) is 37.4 Å². The SMILES string of the molecule is COc1cccc([C@H]2C=C(c3ccccc3)N(S(=O)(=O)c3ccccc3)C[C@@H]2C(C)=O)c1. The lowest BCUT2D eigenvalue weighted by atomic mass is 9.80. The number of Topliss-reactive ketones (excluding diaryl/α,β-unsaturated/α-hetero) is 1. The summed E-state index contributed by atoms with van der Waals surface area (Å²) in [5, 5.41) is 0. The van der Waals surface area contributed by atoms with E-state index in [9.17, 15) is 13.2 Å². The molecular weight excluding hydrogens is 422 g/mol. The van der Waals surface area contributed by atoms with E-state index in [4.69, 9.17) is 4.74 Å². The van der Waals surface area contributed by atoms with Gasteiger partial charge in [-0.05, 0) is 42.3 Å². The summed E-state index contributed by atoms with van der Waals surface area (Å²) < 4.78 is 34.0. The molecule has 0 spiro atoms. The molecule has 0 aliphatic carbocycles. The Morgan fingerprint density at radius 2 is 1.59 bits per heavy atom. The summed E-state index contributed by atoms with van der Waals surface area (Å²) in [4.78, 5) is 12.9. The molecule has 5 nitrogen and oxygen atoms in total. The number of sulfonamides is 1. The number of methoxy groups -OCH3 is 1. The van der Waals surface area contributed by atoms with Crippen LogP contribution in [0, 0.1) is 5.92 Å². The lowest BCUT2D eigenvalue weighted by molar-refractivity contribution is -0.121. The fraction of sp³-hybridized carbons (Fsp3) is 0.192. The third kappa shape index (κ3) is 4.18. The number of hydrogen-bond donors (Lipinski definition) is 0. The molecule has 0 unspecified atom stereocenters. The summed E-state index contributed by atoms with van der Waals surface area (Å²) in [6.45, 7) is 1.58. The van der Waals surface area contributed by atoms with Crippen molar-refractivity contribution >= 4 is 21.5 Å². The molecule has 0 N–H and O–H groups in total. The molecule has 32 heavy (non-hydrogen) atoms. The first-order valence-corrected chi connectivity index (χ1v) is 11.9. The number of ketones is 1. The molecule has 3 aromatic carbocycles. The maximum absolute atomic E-state index is 13.6. The van der Waals surface area contributed by atoms with Gasteiger partial charge in [0.15, 0.2) is 0 Å². The average Bonchev–Trinajstić information content (AvgIpc) is 2.84. The minimum Gasteiger partial charge on any atom is -0.497 e. The van der Waals surface area contributed by atoms with Crippen LogP contribution in [0.4, 0.5) is 0 Å². The maximum atomic E-state index is 13.6. The van der Waals surface area contributed by atoms with Gasteiger partial charge in [0.05, 0.1) is 17.7 Å². The molecule has 0 amide bonds. The van der Waals surface area contributed by atoms with Crippen LogP contribution in [-0.2, 0) is 14.8 Å². The minimum atomic E-state index is -3.86. The number of ether oxygens (including phenoxy) is 1. The van der Waals surface area contributed by atoms with Crippen molar-refractivity contribution in [1.82, 2.24) is 4.31 Å². The molecule has 3 aromatic rings. The Labute approximate surface area is 189 Å². The van der Waals surface area contributed by atoms with Crippen molar-refractivity contribution < 1.29 is 17.9 Å². The Balaban J connectivity index is 1.90. The van der Waals surface area contributed by atoms with Gasteiger partial charge in [0, 0.05) is 18.4 Å². The second-order valence-electron chi connectivity index (χ2n) is 7.79. The van der Waals surface area contributed by atoms with Crippen molar-refractivity contribution in [2.75, 3.05) is 13.7 Å². The van der Waals surface area contributed by atoms with Crippen molar-refractivity contribution in [2.45, 2.75) is 17.7 Å². The standard InChI is InChI=1S/C26H25NO4S/c1-19(28)25-18-27(32(29,30)23-14-7-4-8-15-23)26(20-10-5-3-6-11-20)17-24(25)21-12-9-13-22(16-21)31-2/h3-17,24-25H,18H2,1-2H3/t24-,25-/m1/s1. The molecule has 0 bridgehead atoms. The van der Waals surface area contributed by atoms with Crippen LogP contribution < -0.4 is 4.74 Å². The van der Waals surface area contributed by atoms with Gasteiger partial charge in [-0.25, -0.2) is 8.42 Å². The number of carbonyl (C=O) groups excluding carboxylic acids is 1. The topological polar surface area (TPSA) is 63.7 Å². The molecule has 1 heterocycles. The Hall–Kier alpha value is -3.38. The Kier molecular flexibility index (Phi) is 6.15. The fourth-order valence-corrected chi connectivity index (χ4v) is 5.65. The van der Waals surface area contributed by atoms with Gasteiger partial charge >= 0.3 is 0 Å². The van der Waals surface area contributed by atoms with Gasteiger partial charge in [-0.15, -0.1) is 0 Å². The number of carbonyl (C=O) groups is 1. The monoisotopic (exact) mass is 447 g/mol. The van der Waals surface area contributed by atoms with Gasteiger partial charge < -0.3 is 4.74 Å². The average molecular weight is 448 g/mol. The largest absolute Gasteiger partial charge is 0.497 e. The molecule has 6 heteroatoms. The fourth-order valence-electron chi connectivity index (χ4n) is 4.12. The molecule has 4 rings (SSSR count). The van der Waals surface area contributed by atoms with Gasteiger partial charge in [0.2, 0.25) is 0 Å². The van der Waals surface area contributed by atoms with E-state index in [1.165, 1.54) is 11.2 Å². The molecule has 164 valence electrons. The summed E-state index contributed by atoms with van der Waals surface area (Å²) in [6, 6.07) is 25.3. The molecule has 0 saturated heterocycles. The van der Waals surface area contributed by atoms with Crippen LogP contribution >= 0.6 is 0 Å². The second kappa shape index (κ2) is 9.01. The number of hydrogen-bond acceptors (Lipinski definition) is 4. The maximum Gasteiger partial charge on any atom is 0.264 e. The summed E-state index contributed by atoms with van der Waals surface area (Å²) in [5.41, 5.74) is 2.26. The van der Waals surface area contributed by atoms with Gasteiger partial charge in [-0.2, -0.15) is 0 Å². The first-order valence-electron chi connectivity index (χ1n) is 10.4.